The summed E-state index contributed by atoms with van der Waals surface area (Å²) < 4.78 is 0. The van der Waals surface area contributed by atoms with Crippen molar-refractivity contribution in [2.24, 2.45) is 5.41 Å². The fourth-order valence-corrected chi connectivity index (χ4v) is 4.25. The number of carbonyl (C=O) groups excluding carboxylic acids is 2. The number of rotatable bonds is 5. The minimum Gasteiger partial charge on any atom is -0.481 e. The number of anilines is 1. The maximum atomic E-state index is 12.6. The first kappa shape index (κ1) is 18.4. The summed E-state index contributed by atoms with van der Waals surface area (Å²) in [6.45, 7) is 0.704. The molecule has 1 aromatic carbocycles. The van der Waals surface area contributed by atoms with E-state index in [1.54, 1.807) is 18.0 Å². The summed E-state index contributed by atoms with van der Waals surface area (Å²) in [7, 11) is 1.77. The monoisotopic (exact) mass is 358 g/mol. The van der Waals surface area contributed by atoms with Gasteiger partial charge in [0.25, 0.3) is 5.91 Å². The molecular formula is C20H26N2O4. The van der Waals surface area contributed by atoms with Gasteiger partial charge in [0.15, 0.2) is 0 Å². The van der Waals surface area contributed by atoms with Crippen molar-refractivity contribution in [3.05, 3.63) is 29.3 Å². The number of fused-ring (bicyclic) bond motifs is 1. The highest BCUT2D eigenvalue weighted by atomic mass is 16.4. The standard InChI is InChI=1S/C20H26N2O4/c1-22-10-7-14-5-6-15(11-16(14)19(22)26)21-17(23)12-20(13-18(24)25)8-3-2-4-9-20/h5-6,11H,2-4,7-10,12-13H2,1H3,(H,21,23)(H,24,25). The predicted octanol–water partition coefficient (Wildman–Crippen LogP) is 3.07. The lowest BCUT2D eigenvalue weighted by Crippen LogP contribution is -2.34. The summed E-state index contributed by atoms with van der Waals surface area (Å²) in [5.74, 6) is -1.05. The van der Waals surface area contributed by atoms with Crippen molar-refractivity contribution in [1.82, 2.24) is 4.90 Å². The molecular weight excluding hydrogens is 332 g/mol. The van der Waals surface area contributed by atoms with Crippen LogP contribution in [0.5, 0.6) is 0 Å². The van der Waals surface area contributed by atoms with Crippen LogP contribution in [0.25, 0.3) is 0 Å². The van der Waals surface area contributed by atoms with Gasteiger partial charge in [-0.1, -0.05) is 25.3 Å². The Morgan fingerprint density at radius 2 is 1.92 bits per heavy atom. The highest BCUT2D eigenvalue weighted by Crippen LogP contribution is 2.42. The molecule has 1 heterocycles. The molecule has 2 aliphatic rings. The lowest BCUT2D eigenvalue weighted by molar-refractivity contribution is -0.140. The van der Waals surface area contributed by atoms with Crippen LogP contribution >= 0.6 is 0 Å². The normalized spacial score (nSPS) is 19.0. The zero-order valence-electron chi connectivity index (χ0n) is 15.2. The van der Waals surface area contributed by atoms with E-state index in [0.717, 1.165) is 44.1 Å². The first-order chi connectivity index (χ1) is 12.4. The number of likely N-dealkylation sites (N-methyl/N-ethyl adjacent to an activating group) is 1. The number of hydrogen-bond acceptors (Lipinski definition) is 3. The number of benzene rings is 1. The quantitative estimate of drug-likeness (QED) is 0.847. The molecule has 1 aliphatic carbocycles. The average molecular weight is 358 g/mol. The second kappa shape index (κ2) is 7.48. The second-order valence-electron chi connectivity index (χ2n) is 7.70. The Morgan fingerprint density at radius 1 is 1.19 bits per heavy atom. The topological polar surface area (TPSA) is 86.7 Å². The molecule has 2 N–H and O–H groups in total. The smallest absolute Gasteiger partial charge is 0.303 e. The summed E-state index contributed by atoms with van der Waals surface area (Å²) in [6, 6.07) is 5.44. The zero-order valence-corrected chi connectivity index (χ0v) is 15.2. The molecule has 0 spiro atoms. The van der Waals surface area contributed by atoms with E-state index in [1.165, 1.54) is 0 Å². The lowest BCUT2D eigenvalue weighted by Gasteiger charge is -2.35. The number of hydrogen-bond donors (Lipinski definition) is 2. The van der Waals surface area contributed by atoms with Gasteiger partial charge in [0.1, 0.15) is 0 Å². The molecule has 0 radical (unpaired) electrons. The van der Waals surface area contributed by atoms with Crippen molar-refractivity contribution in [3.8, 4) is 0 Å². The molecule has 1 aliphatic heterocycles. The third-order valence-corrected chi connectivity index (χ3v) is 5.66. The van der Waals surface area contributed by atoms with Crippen LogP contribution in [0, 0.1) is 5.41 Å². The summed E-state index contributed by atoms with van der Waals surface area (Å²) in [4.78, 5) is 37.8. The van der Waals surface area contributed by atoms with Gasteiger partial charge in [-0.3, -0.25) is 14.4 Å². The van der Waals surface area contributed by atoms with E-state index in [9.17, 15) is 19.5 Å². The van der Waals surface area contributed by atoms with Crippen LogP contribution in [-0.2, 0) is 16.0 Å². The number of carboxylic acids is 1. The van der Waals surface area contributed by atoms with Crippen LogP contribution in [0.2, 0.25) is 0 Å². The van der Waals surface area contributed by atoms with Crippen LogP contribution in [0.4, 0.5) is 5.69 Å². The van der Waals surface area contributed by atoms with Crippen molar-refractivity contribution in [2.75, 3.05) is 18.9 Å². The van der Waals surface area contributed by atoms with Crippen molar-refractivity contribution in [3.63, 3.8) is 0 Å². The van der Waals surface area contributed by atoms with Gasteiger partial charge in [0, 0.05) is 31.3 Å². The average Bonchev–Trinajstić information content (AvgIpc) is 2.58. The highest BCUT2D eigenvalue weighted by Gasteiger charge is 2.36. The Morgan fingerprint density at radius 3 is 2.62 bits per heavy atom. The summed E-state index contributed by atoms with van der Waals surface area (Å²) in [6.07, 6.45) is 5.66. The first-order valence-corrected chi connectivity index (χ1v) is 9.29. The molecule has 0 aromatic heterocycles. The molecule has 0 atom stereocenters. The molecule has 140 valence electrons. The molecule has 26 heavy (non-hydrogen) atoms. The van der Waals surface area contributed by atoms with Gasteiger partial charge in [-0.05, 0) is 42.4 Å². The minimum atomic E-state index is -0.845. The van der Waals surface area contributed by atoms with E-state index in [-0.39, 0.29) is 24.7 Å². The fourth-order valence-electron chi connectivity index (χ4n) is 4.25. The second-order valence-corrected chi connectivity index (χ2v) is 7.70. The van der Waals surface area contributed by atoms with Gasteiger partial charge >= 0.3 is 5.97 Å². The Kier molecular flexibility index (Phi) is 5.30. The van der Waals surface area contributed by atoms with E-state index >= 15 is 0 Å². The molecule has 1 saturated carbocycles. The molecule has 0 unspecified atom stereocenters. The van der Waals surface area contributed by atoms with Crippen LogP contribution in [0.3, 0.4) is 0 Å². The third-order valence-electron chi connectivity index (χ3n) is 5.66. The van der Waals surface area contributed by atoms with Gasteiger partial charge in [-0.15, -0.1) is 0 Å². The molecule has 1 aromatic rings. The highest BCUT2D eigenvalue weighted by molar-refractivity contribution is 5.99. The van der Waals surface area contributed by atoms with Crippen LogP contribution in [0.15, 0.2) is 18.2 Å². The zero-order chi connectivity index (χ0) is 18.7. The van der Waals surface area contributed by atoms with E-state index in [0.29, 0.717) is 17.8 Å². The van der Waals surface area contributed by atoms with E-state index in [1.807, 2.05) is 12.1 Å². The molecule has 3 rings (SSSR count). The fraction of sp³-hybridized carbons (Fsp3) is 0.550. The summed E-state index contributed by atoms with van der Waals surface area (Å²) in [5.41, 5.74) is 1.78. The number of nitrogens with zero attached hydrogens (tertiary/aromatic N) is 1. The summed E-state index contributed by atoms with van der Waals surface area (Å²) in [5, 5.41) is 12.1. The Labute approximate surface area is 153 Å². The van der Waals surface area contributed by atoms with E-state index in [4.69, 9.17) is 0 Å². The number of amides is 2. The van der Waals surface area contributed by atoms with Crippen molar-refractivity contribution >= 4 is 23.5 Å². The Balaban J connectivity index is 1.71. The molecule has 2 amide bonds. The first-order valence-electron chi connectivity index (χ1n) is 9.29. The van der Waals surface area contributed by atoms with Crippen LogP contribution < -0.4 is 5.32 Å². The number of aliphatic carboxylic acids is 1. The molecule has 1 fully saturated rings. The lowest BCUT2D eigenvalue weighted by atomic mass is 9.69. The predicted molar refractivity (Wildman–Crippen MR) is 98.1 cm³/mol. The minimum absolute atomic E-state index is 0.0306. The number of nitrogens with one attached hydrogen (secondary N) is 1. The number of carbonyl (C=O) groups is 3. The van der Waals surface area contributed by atoms with Gasteiger partial charge in [-0.25, -0.2) is 0 Å². The Bertz CT molecular complexity index is 723. The molecule has 0 bridgehead atoms. The van der Waals surface area contributed by atoms with E-state index in [2.05, 4.69) is 5.32 Å². The molecule has 0 saturated heterocycles. The molecule has 6 nitrogen and oxygen atoms in total. The maximum absolute atomic E-state index is 12.6. The van der Waals surface area contributed by atoms with Crippen LogP contribution in [-0.4, -0.2) is 41.4 Å². The largest absolute Gasteiger partial charge is 0.481 e. The van der Waals surface area contributed by atoms with Crippen molar-refractivity contribution < 1.29 is 19.5 Å². The van der Waals surface area contributed by atoms with Crippen molar-refractivity contribution in [1.29, 1.82) is 0 Å². The van der Waals surface area contributed by atoms with Gasteiger partial charge in [0.05, 0.1) is 6.42 Å². The van der Waals surface area contributed by atoms with Gasteiger partial charge < -0.3 is 15.3 Å². The third kappa shape index (κ3) is 4.06. The SMILES string of the molecule is CN1CCc2ccc(NC(=O)CC3(CC(=O)O)CCCCC3)cc2C1=O. The van der Waals surface area contributed by atoms with Gasteiger partial charge in [-0.2, -0.15) is 0 Å². The van der Waals surface area contributed by atoms with Crippen LogP contribution in [0.1, 0.15) is 60.9 Å². The Hall–Kier alpha value is -2.37. The molecule has 6 heteroatoms. The summed E-state index contributed by atoms with van der Waals surface area (Å²) >= 11 is 0. The van der Waals surface area contributed by atoms with Gasteiger partial charge in [0.2, 0.25) is 5.91 Å². The van der Waals surface area contributed by atoms with E-state index < -0.39 is 11.4 Å². The maximum Gasteiger partial charge on any atom is 0.303 e. The number of carboxylic acid groups (broad SMARTS) is 1. The van der Waals surface area contributed by atoms with Crippen molar-refractivity contribution in [2.45, 2.75) is 51.4 Å².